The van der Waals surface area contributed by atoms with Gasteiger partial charge in [0.25, 0.3) is 0 Å². The summed E-state index contributed by atoms with van der Waals surface area (Å²) in [6.45, 7) is 0. The Bertz CT molecular complexity index is 690. The molecule has 0 spiro atoms. The maximum atomic E-state index is 11.0. The zero-order valence-corrected chi connectivity index (χ0v) is 11.0. The highest BCUT2D eigenvalue weighted by atomic mass is 16.5. The van der Waals surface area contributed by atoms with E-state index in [0.29, 0.717) is 22.6 Å². The first-order chi connectivity index (χ1) is 10.0. The summed E-state index contributed by atoms with van der Waals surface area (Å²) in [6, 6.07) is 13.4. The van der Waals surface area contributed by atoms with Crippen molar-refractivity contribution in [3.05, 3.63) is 65.7 Å². The monoisotopic (exact) mass is 283 g/mol. The van der Waals surface area contributed by atoms with E-state index in [-0.39, 0.29) is 0 Å². The molecule has 2 aromatic rings. The van der Waals surface area contributed by atoms with E-state index in [1.54, 1.807) is 48.5 Å². The molecule has 0 heterocycles. The van der Waals surface area contributed by atoms with Crippen molar-refractivity contribution in [1.82, 2.24) is 0 Å². The van der Waals surface area contributed by atoms with E-state index in [1.165, 1.54) is 6.08 Å². The number of rotatable bonds is 5. The van der Waals surface area contributed by atoms with Gasteiger partial charge in [0.1, 0.15) is 11.5 Å². The molecule has 2 aromatic carbocycles. The first kappa shape index (κ1) is 14.3. The van der Waals surface area contributed by atoms with E-state index < -0.39 is 11.9 Å². The van der Waals surface area contributed by atoms with Crippen LogP contribution in [0.15, 0.2) is 54.6 Å². The van der Waals surface area contributed by atoms with Crippen LogP contribution in [-0.4, -0.2) is 17.0 Å². The SMILES string of the molecule is NC(=O)c1ccc(Oc2cccc(C=CC(=O)O)c2)cc1. The van der Waals surface area contributed by atoms with Gasteiger partial charge in [0.2, 0.25) is 5.91 Å². The zero-order chi connectivity index (χ0) is 15.2. The molecular weight excluding hydrogens is 270 g/mol. The van der Waals surface area contributed by atoms with E-state index in [0.717, 1.165) is 6.08 Å². The van der Waals surface area contributed by atoms with E-state index in [4.69, 9.17) is 15.6 Å². The maximum Gasteiger partial charge on any atom is 0.328 e. The van der Waals surface area contributed by atoms with Crippen molar-refractivity contribution < 1.29 is 19.4 Å². The fraction of sp³-hybridized carbons (Fsp3) is 0. The molecule has 106 valence electrons. The lowest BCUT2D eigenvalue weighted by atomic mass is 10.2. The van der Waals surface area contributed by atoms with Crippen molar-refractivity contribution in [2.75, 3.05) is 0 Å². The van der Waals surface area contributed by atoms with Crippen LogP contribution in [0.25, 0.3) is 6.08 Å². The minimum absolute atomic E-state index is 0.403. The minimum Gasteiger partial charge on any atom is -0.478 e. The number of primary amides is 1. The zero-order valence-electron chi connectivity index (χ0n) is 11.0. The van der Waals surface area contributed by atoms with Crippen LogP contribution in [0.4, 0.5) is 0 Å². The number of aliphatic carboxylic acids is 1. The van der Waals surface area contributed by atoms with Gasteiger partial charge in [-0.1, -0.05) is 12.1 Å². The average molecular weight is 283 g/mol. The lowest BCUT2D eigenvalue weighted by Gasteiger charge is -2.06. The van der Waals surface area contributed by atoms with Gasteiger partial charge in [0.15, 0.2) is 0 Å². The molecule has 0 aliphatic carbocycles. The van der Waals surface area contributed by atoms with Crippen LogP contribution in [0, 0.1) is 0 Å². The molecule has 0 bridgehead atoms. The summed E-state index contributed by atoms with van der Waals surface area (Å²) in [5.74, 6) is -0.389. The van der Waals surface area contributed by atoms with Crippen LogP contribution in [-0.2, 0) is 4.79 Å². The third-order valence-electron chi connectivity index (χ3n) is 2.65. The van der Waals surface area contributed by atoms with Gasteiger partial charge in [-0.05, 0) is 48.0 Å². The minimum atomic E-state index is -1.01. The number of carbonyl (C=O) groups is 2. The van der Waals surface area contributed by atoms with Gasteiger partial charge in [0.05, 0.1) is 0 Å². The molecule has 0 aliphatic rings. The first-order valence-electron chi connectivity index (χ1n) is 6.13. The molecule has 0 atom stereocenters. The van der Waals surface area contributed by atoms with E-state index in [2.05, 4.69) is 0 Å². The summed E-state index contributed by atoms with van der Waals surface area (Å²) in [4.78, 5) is 21.4. The third-order valence-corrected chi connectivity index (χ3v) is 2.65. The standard InChI is InChI=1S/C16H13NO4/c17-16(20)12-5-7-13(8-6-12)21-14-3-1-2-11(10-14)4-9-15(18)19/h1-10H,(H2,17,20)(H,18,19). The van der Waals surface area contributed by atoms with Gasteiger partial charge in [-0.15, -0.1) is 0 Å². The highest BCUT2D eigenvalue weighted by Crippen LogP contribution is 2.23. The van der Waals surface area contributed by atoms with Crippen LogP contribution < -0.4 is 10.5 Å². The quantitative estimate of drug-likeness (QED) is 0.825. The van der Waals surface area contributed by atoms with Crippen LogP contribution in [0.5, 0.6) is 11.5 Å². The van der Waals surface area contributed by atoms with Gasteiger partial charge in [-0.25, -0.2) is 4.79 Å². The van der Waals surface area contributed by atoms with E-state index >= 15 is 0 Å². The largest absolute Gasteiger partial charge is 0.478 e. The van der Waals surface area contributed by atoms with Crippen molar-refractivity contribution in [2.45, 2.75) is 0 Å². The molecule has 0 aliphatic heterocycles. The maximum absolute atomic E-state index is 11.0. The van der Waals surface area contributed by atoms with Crippen LogP contribution >= 0.6 is 0 Å². The van der Waals surface area contributed by atoms with Gasteiger partial charge in [-0.2, -0.15) is 0 Å². The lowest BCUT2D eigenvalue weighted by Crippen LogP contribution is -2.10. The molecule has 1 amide bonds. The number of carboxylic acids is 1. The molecule has 0 saturated heterocycles. The van der Waals surface area contributed by atoms with Gasteiger partial charge in [0, 0.05) is 11.6 Å². The molecule has 0 radical (unpaired) electrons. The normalized spacial score (nSPS) is 10.5. The Morgan fingerprint density at radius 2 is 1.76 bits per heavy atom. The smallest absolute Gasteiger partial charge is 0.328 e. The summed E-state index contributed by atoms with van der Waals surface area (Å²) in [6.07, 6.45) is 2.53. The number of amides is 1. The predicted octanol–water partition coefficient (Wildman–Crippen LogP) is 2.68. The van der Waals surface area contributed by atoms with Gasteiger partial charge in [-0.3, -0.25) is 4.79 Å². The molecule has 5 nitrogen and oxygen atoms in total. The molecule has 0 aromatic heterocycles. The number of hydrogen-bond donors (Lipinski definition) is 2. The summed E-state index contributed by atoms with van der Waals surface area (Å²) in [5, 5.41) is 8.59. The Morgan fingerprint density at radius 3 is 2.38 bits per heavy atom. The van der Waals surface area contributed by atoms with Crippen molar-refractivity contribution in [2.24, 2.45) is 5.73 Å². The number of carboxylic acid groups (broad SMARTS) is 1. The molecular formula is C16H13NO4. The second-order valence-electron chi connectivity index (χ2n) is 4.23. The number of nitrogens with two attached hydrogens (primary N) is 1. The number of carbonyl (C=O) groups excluding carboxylic acids is 1. The Labute approximate surface area is 121 Å². The highest BCUT2D eigenvalue weighted by Gasteiger charge is 2.02. The fourth-order valence-corrected chi connectivity index (χ4v) is 1.67. The molecule has 3 N–H and O–H groups in total. The van der Waals surface area contributed by atoms with Crippen LogP contribution in [0.1, 0.15) is 15.9 Å². The van der Waals surface area contributed by atoms with Crippen molar-refractivity contribution in [3.63, 3.8) is 0 Å². The third kappa shape index (κ3) is 4.21. The number of benzene rings is 2. The Kier molecular flexibility index (Phi) is 4.36. The molecule has 2 rings (SSSR count). The Hall–Kier alpha value is -3.08. The molecule has 0 fully saturated rings. The predicted molar refractivity (Wildman–Crippen MR) is 78.1 cm³/mol. The topological polar surface area (TPSA) is 89.6 Å². The number of hydrogen-bond acceptors (Lipinski definition) is 3. The Morgan fingerprint density at radius 1 is 1.05 bits per heavy atom. The fourth-order valence-electron chi connectivity index (χ4n) is 1.67. The summed E-state index contributed by atoms with van der Waals surface area (Å²) in [5.41, 5.74) is 6.27. The second kappa shape index (κ2) is 6.38. The Balaban J connectivity index is 2.14. The molecule has 0 unspecified atom stereocenters. The van der Waals surface area contributed by atoms with Crippen LogP contribution in [0.3, 0.4) is 0 Å². The first-order valence-corrected chi connectivity index (χ1v) is 6.13. The van der Waals surface area contributed by atoms with Crippen molar-refractivity contribution in [1.29, 1.82) is 0 Å². The molecule has 0 saturated carbocycles. The summed E-state index contributed by atoms with van der Waals surface area (Å²) < 4.78 is 5.63. The number of ether oxygens (including phenoxy) is 1. The second-order valence-corrected chi connectivity index (χ2v) is 4.23. The van der Waals surface area contributed by atoms with Gasteiger partial charge >= 0.3 is 5.97 Å². The van der Waals surface area contributed by atoms with E-state index in [1.807, 2.05) is 0 Å². The van der Waals surface area contributed by atoms with Crippen molar-refractivity contribution in [3.8, 4) is 11.5 Å². The van der Waals surface area contributed by atoms with E-state index in [9.17, 15) is 9.59 Å². The lowest BCUT2D eigenvalue weighted by molar-refractivity contribution is -0.131. The molecule has 21 heavy (non-hydrogen) atoms. The van der Waals surface area contributed by atoms with Gasteiger partial charge < -0.3 is 15.6 Å². The van der Waals surface area contributed by atoms with Crippen molar-refractivity contribution >= 4 is 18.0 Å². The van der Waals surface area contributed by atoms with Crippen LogP contribution in [0.2, 0.25) is 0 Å². The highest BCUT2D eigenvalue weighted by molar-refractivity contribution is 5.92. The molecule has 5 heteroatoms. The average Bonchev–Trinajstić information content (AvgIpc) is 2.46. The summed E-state index contributed by atoms with van der Waals surface area (Å²) >= 11 is 0. The summed E-state index contributed by atoms with van der Waals surface area (Å²) in [7, 11) is 0.